The van der Waals surface area contributed by atoms with E-state index in [9.17, 15) is 13.7 Å². The highest BCUT2D eigenvalue weighted by Crippen LogP contribution is 2.35. The van der Waals surface area contributed by atoms with Crippen molar-refractivity contribution in [2.24, 2.45) is 0 Å². The molecule has 0 saturated heterocycles. The van der Waals surface area contributed by atoms with Gasteiger partial charge in [-0.1, -0.05) is 54.1 Å². The fourth-order valence-corrected chi connectivity index (χ4v) is 5.12. The van der Waals surface area contributed by atoms with E-state index in [0.29, 0.717) is 27.2 Å². The van der Waals surface area contributed by atoms with Crippen molar-refractivity contribution in [1.82, 2.24) is 14.5 Å². The van der Waals surface area contributed by atoms with Crippen LogP contribution in [0.2, 0.25) is 5.02 Å². The van der Waals surface area contributed by atoms with Gasteiger partial charge < -0.3 is 4.57 Å². The van der Waals surface area contributed by atoms with Crippen LogP contribution in [0.1, 0.15) is 24.1 Å². The summed E-state index contributed by atoms with van der Waals surface area (Å²) in [5, 5.41) is 10.5. The van der Waals surface area contributed by atoms with E-state index in [2.05, 4.69) is 15.8 Å². The van der Waals surface area contributed by atoms with Crippen molar-refractivity contribution in [3.63, 3.8) is 0 Å². The number of hydrogen-bond acceptors (Lipinski definition) is 5. The van der Waals surface area contributed by atoms with Gasteiger partial charge in [-0.05, 0) is 48.9 Å². The van der Waals surface area contributed by atoms with Gasteiger partial charge in [-0.15, -0.1) is 0 Å². The van der Waals surface area contributed by atoms with E-state index in [-0.39, 0.29) is 22.3 Å². The Morgan fingerprint density at radius 3 is 2.21 bits per heavy atom. The lowest BCUT2D eigenvalue weighted by Gasteiger charge is -2.19. The van der Waals surface area contributed by atoms with Crippen molar-refractivity contribution in [2.45, 2.75) is 17.9 Å². The van der Waals surface area contributed by atoms with Gasteiger partial charge in [0, 0.05) is 5.02 Å². The van der Waals surface area contributed by atoms with E-state index < -0.39 is 10.0 Å². The molecular formula is C25H18ClN5O2S. The summed E-state index contributed by atoms with van der Waals surface area (Å²) in [6.45, 7) is 1.92. The predicted molar refractivity (Wildman–Crippen MR) is 132 cm³/mol. The average molecular weight is 488 g/mol. The normalized spacial score (nSPS) is 12.5. The Morgan fingerprint density at radius 2 is 1.56 bits per heavy atom. The molecule has 1 atom stereocenters. The maximum atomic E-state index is 13.3. The van der Waals surface area contributed by atoms with E-state index in [1.165, 1.54) is 24.3 Å². The first-order chi connectivity index (χ1) is 16.4. The predicted octanol–water partition coefficient (Wildman–Crippen LogP) is 5.52. The Bertz CT molecular complexity index is 1670. The van der Waals surface area contributed by atoms with Crippen molar-refractivity contribution in [1.29, 1.82) is 5.26 Å². The first kappa shape index (κ1) is 21.9. The van der Waals surface area contributed by atoms with Crippen molar-refractivity contribution in [2.75, 3.05) is 4.72 Å². The summed E-state index contributed by atoms with van der Waals surface area (Å²) < 4.78 is 30.9. The van der Waals surface area contributed by atoms with Gasteiger partial charge in [0.05, 0.1) is 22.0 Å². The Morgan fingerprint density at radius 1 is 0.941 bits per heavy atom. The number of halogens is 1. The topological polar surface area (TPSA) is 101 Å². The maximum absolute atomic E-state index is 13.3. The minimum Gasteiger partial charge on any atom is -0.302 e. The number of rotatable bonds is 5. The smallest absolute Gasteiger partial charge is 0.263 e. The molecule has 9 heteroatoms. The van der Waals surface area contributed by atoms with Crippen LogP contribution in [0, 0.1) is 11.3 Å². The molecule has 0 saturated carbocycles. The molecule has 0 aliphatic carbocycles. The number of fused-ring (bicyclic) bond motifs is 2. The number of nitrogens with zero attached hydrogens (tertiary/aromatic N) is 4. The van der Waals surface area contributed by atoms with Crippen molar-refractivity contribution < 1.29 is 8.42 Å². The molecule has 0 amide bonds. The summed E-state index contributed by atoms with van der Waals surface area (Å²) in [4.78, 5) is 9.45. The summed E-state index contributed by atoms with van der Waals surface area (Å²) in [6, 6.07) is 24.5. The van der Waals surface area contributed by atoms with Crippen LogP contribution in [0.5, 0.6) is 0 Å². The van der Waals surface area contributed by atoms with Crippen LogP contribution in [0.3, 0.4) is 0 Å². The van der Waals surface area contributed by atoms with Crippen molar-refractivity contribution in [3.8, 4) is 6.07 Å². The van der Waals surface area contributed by atoms with Crippen LogP contribution in [-0.4, -0.2) is 23.0 Å². The third-order valence-corrected chi connectivity index (χ3v) is 7.24. The highest BCUT2D eigenvalue weighted by Gasteiger charge is 2.28. The second kappa shape index (κ2) is 8.45. The Labute approximate surface area is 201 Å². The molecule has 5 aromatic rings. The number of aromatic nitrogens is 3. The minimum atomic E-state index is -4.03. The summed E-state index contributed by atoms with van der Waals surface area (Å²) in [5.74, 6) is 0.110. The zero-order valence-electron chi connectivity index (χ0n) is 18.0. The Hall–Kier alpha value is -3.93. The van der Waals surface area contributed by atoms with Gasteiger partial charge in [-0.2, -0.15) is 5.26 Å². The molecule has 0 aliphatic rings. The molecule has 2 aromatic heterocycles. The van der Waals surface area contributed by atoms with Crippen LogP contribution in [-0.2, 0) is 10.0 Å². The summed E-state index contributed by atoms with van der Waals surface area (Å²) in [7, 11) is -4.03. The molecule has 0 bridgehead atoms. The average Bonchev–Trinajstić information content (AvgIpc) is 3.13. The largest absolute Gasteiger partial charge is 0.302 e. The van der Waals surface area contributed by atoms with E-state index in [0.717, 1.165) is 5.56 Å². The molecule has 168 valence electrons. The number of anilines is 1. The number of benzene rings is 3. The number of para-hydroxylation sites is 2. The third kappa shape index (κ3) is 3.75. The van der Waals surface area contributed by atoms with Gasteiger partial charge in [0.15, 0.2) is 5.65 Å². The van der Waals surface area contributed by atoms with E-state index >= 15 is 0 Å². The molecule has 1 N–H and O–H groups in total. The first-order valence-corrected chi connectivity index (χ1v) is 12.3. The molecule has 34 heavy (non-hydrogen) atoms. The van der Waals surface area contributed by atoms with Crippen LogP contribution >= 0.6 is 11.6 Å². The molecule has 0 fully saturated rings. The zero-order valence-corrected chi connectivity index (χ0v) is 19.5. The second-order valence-corrected chi connectivity index (χ2v) is 9.85. The summed E-state index contributed by atoms with van der Waals surface area (Å²) >= 11 is 5.93. The Kier molecular flexibility index (Phi) is 5.44. The van der Waals surface area contributed by atoms with Crippen LogP contribution in [0.25, 0.3) is 22.2 Å². The lowest BCUT2D eigenvalue weighted by molar-refractivity contribution is 0.599. The molecule has 0 unspecified atom stereocenters. The lowest BCUT2D eigenvalue weighted by atomic mass is 10.1. The Balaban J connectivity index is 1.79. The molecule has 5 rings (SSSR count). The van der Waals surface area contributed by atoms with Gasteiger partial charge >= 0.3 is 0 Å². The standard InChI is InChI=1S/C25H18ClN5O2S/c1-16(17-7-3-2-4-8-17)31-24(30-34(32,33)19-13-11-18(26)12-14-19)20(15-27)23-25(31)29-22-10-6-5-9-21(22)28-23/h2-14,16,30H,1H3/t16-/m1/s1. The first-order valence-electron chi connectivity index (χ1n) is 10.4. The molecule has 0 aliphatic heterocycles. The highest BCUT2D eigenvalue weighted by molar-refractivity contribution is 7.92. The second-order valence-electron chi connectivity index (χ2n) is 7.74. The molecule has 0 radical (unpaired) electrons. The van der Waals surface area contributed by atoms with E-state index in [1.54, 1.807) is 10.6 Å². The maximum Gasteiger partial charge on any atom is 0.263 e. The van der Waals surface area contributed by atoms with E-state index in [4.69, 9.17) is 16.6 Å². The third-order valence-electron chi connectivity index (χ3n) is 5.63. The van der Waals surface area contributed by atoms with Gasteiger partial charge in [-0.25, -0.2) is 18.4 Å². The number of sulfonamides is 1. The summed E-state index contributed by atoms with van der Waals surface area (Å²) in [5.41, 5.74) is 3.03. The van der Waals surface area contributed by atoms with Crippen LogP contribution in [0.4, 0.5) is 5.82 Å². The fourth-order valence-electron chi connectivity index (χ4n) is 3.93. The molecular weight excluding hydrogens is 470 g/mol. The molecule has 0 spiro atoms. The van der Waals surface area contributed by atoms with Crippen LogP contribution in [0.15, 0.2) is 83.8 Å². The SMILES string of the molecule is C[C@H](c1ccccc1)n1c(NS(=O)(=O)c2ccc(Cl)cc2)c(C#N)c2nc3ccccc3nc21. The number of nitrogens with one attached hydrogen (secondary N) is 1. The highest BCUT2D eigenvalue weighted by atomic mass is 35.5. The minimum absolute atomic E-state index is 0.0241. The lowest BCUT2D eigenvalue weighted by Crippen LogP contribution is -2.19. The number of hydrogen-bond donors (Lipinski definition) is 1. The van der Waals surface area contributed by atoms with Gasteiger partial charge in [0.1, 0.15) is 23.0 Å². The monoisotopic (exact) mass is 487 g/mol. The fraction of sp³-hybridized carbons (Fsp3) is 0.0800. The van der Waals surface area contributed by atoms with Crippen molar-refractivity contribution >= 4 is 49.6 Å². The number of nitriles is 1. The zero-order chi connectivity index (χ0) is 23.9. The van der Waals surface area contributed by atoms with Gasteiger partial charge in [0.2, 0.25) is 0 Å². The van der Waals surface area contributed by atoms with Crippen molar-refractivity contribution in [3.05, 3.63) is 95.0 Å². The van der Waals surface area contributed by atoms with E-state index in [1.807, 2.05) is 55.5 Å². The summed E-state index contributed by atoms with van der Waals surface area (Å²) in [6.07, 6.45) is 0. The quantitative estimate of drug-likeness (QED) is 0.351. The van der Waals surface area contributed by atoms with Gasteiger partial charge in [-0.3, -0.25) is 4.72 Å². The van der Waals surface area contributed by atoms with Crippen LogP contribution < -0.4 is 4.72 Å². The van der Waals surface area contributed by atoms with Gasteiger partial charge in [0.25, 0.3) is 10.0 Å². The molecule has 3 aromatic carbocycles. The molecule has 2 heterocycles. The molecule has 7 nitrogen and oxygen atoms in total.